The zero-order valence-electron chi connectivity index (χ0n) is 12.0. The van der Waals surface area contributed by atoms with Crippen LogP contribution in [0.2, 0.25) is 0 Å². The highest BCUT2D eigenvalue weighted by Gasteiger charge is 2.38. The normalized spacial score (nSPS) is 25.2. The molecule has 0 amide bonds. The van der Waals surface area contributed by atoms with Gasteiger partial charge in [-0.05, 0) is 29.5 Å². The van der Waals surface area contributed by atoms with Crippen LogP contribution in [0, 0.1) is 16.0 Å². The summed E-state index contributed by atoms with van der Waals surface area (Å²) in [5.41, 5.74) is 3.48. The van der Waals surface area contributed by atoms with Gasteiger partial charge >= 0.3 is 0 Å². The van der Waals surface area contributed by atoms with Crippen molar-refractivity contribution in [2.45, 2.75) is 18.4 Å². The Morgan fingerprint density at radius 1 is 1.14 bits per heavy atom. The first-order valence-electron chi connectivity index (χ1n) is 7.50. The van der Waals surface area contributed by atoms with Crippen LogP contribution in [0.5, 0.6) is 0 Å². The summed E-state index contributed by atoms with van der Waals surface area (Å²) in [7, 11) is 0. The molecule has 22 heavy (non-hydrogen) atoms. The van der Waals surface area contributed by atoms with Crippen LogP contribution in [0.15, 0.2) is 60.7 Å². The molecule has 2 aliphatic rings. The lowest BCUT2D eigenvalue weighted by atomic mass is 9.77. The molecular formula is C18H16N2O2. The molecule has 4 rings (SSSR count). The molecule has 4 heteroatoms. The van der Waals surface area contributed by atoms with Crippen molar-refractivity contribution in [3.63, 3.8) is 0 Å². The van der Waals surface area contributed by atoms with Crippen LogP contribution in [0.25, 0.3) is 0 Å². The monoisotopic (exact) mass is 292 g/mol. The second-order valence-corrected chi connectivity index (χ2v) is 5.91. The standard InChI is InChI=1S/C18H16N2O2/c21-20(22)13-9-10-17-16(11-13)14-7-4-8-15(14)18(19-17)12-5-2-1-3-6-12/h1-7,9-11,14-15,18-19H,8H2/t14-,15-,18+/m0/s1. The van der Waals surface area contributed by atoms with E-state index < -0.39 is 0 Å². The number of nitrogens with zero attached hydrogens (tertiary/aromatic N) is 1. The Kier molecular flexibility index (Phi) is 2.96. The first-order valence-corrected chi connectivity index (χ1v) is 7.50. The highest BCUT2D eigenvalue weighted by Crippen LogP contribution is 2.50. The zero-order chi connectivity index (χ0) is 15.1. The predicted molar refractivity (Wildman–Crippen MR) is 85.9 cm³/mol. The minimum absolute atomic E-state index is 0.165. The lowest BCUT2D eigenvalue weighted by Crippen LogP contribution is -2.29. The summed E-state index contributed by atoms with van der Waals surface area (Å²) in [6.07, 6.45) is 5.39. The van der Waals surface area contributed by atoms with Gasteiger partial charge in [0.25, 0.3) is 5.69 Å². The van der Waals surface area contributed by atoms with Crippen LogP contribution in [0.4, 0.5) is 11.4 Å². The third-order valence-electron chi connectivity index (χ3n) is 4.72. The number of benzene rings is 2. The number of hydrogen-bond donors (Lipinski definition) is 1. The quantitative estimate of drug-likeness (QED) is 0.506. The maximum absolute atomic E-state index is 11.0. The average molecular weight is 292 g/mol. The fourth-order valence-corrected chi connectivity index (χ4v) is 3.69. The van der Waals surface area contributed by atoms with Gasteiger partial charge in [-0.2, -0.15) is 0 Å². The van der Waals surface area contributed by atoms with Gasteiger partial charge in [0.1, 0.15) is 0 Å². The van der Waals surface area contributed by atoms with Crippen molar-refractivity contribution in [2.75, 3.05) is 5.32 Å². The van der Waals surface area contributed by atoms with E-state index in [-0.39, 0.29) is 22.6 Å². The number of rotatable bonds is 2. The maximum Gasteiger partial charge on any atom is 0.269 e. The van der Waals surface area contributed by atoms with Crippen molar-refractivity contribution in [3.8, 4) is 0 Å². The molecule has 1 N–H and O–H groups in total. The second kappa shape index (κ2) is 4.98. The number of fused-ring (bicyclic) bond motifs is 3. The first kappa shape index (κ1) is 13.1. The van der Waals surface area contributed by atoms with Crippen molar-refractivity contribution in [1.82, 2.24) is 0 Å². The zero-order valence-corrected chi connectivity index (χ0v) is 12.0. The smallest absolute Gasteiger partial charge is 0.269 e. The van der Waals surface area contributed by atoms with E-state index in [9.17, 15) is 10.1 Å². The Morgan fingerprint density at radius 3 is 2.73 bits per heavy atom. The van der Waals surface area contributed by atoms with E-state index in [0.717, 1.165) is 17.7 Å². The van der Waals surface area contributed by atoms with E-state index in [1.54, 1.807) is 12.1 Å². The number of nitro groups is 1. The van der Waals surface area contributed by atoms with E-state index in [2.05, 4.69) is 41.7 Å². The van der Waals surface area contributed by atoms with Crippen molar-refractivity contribution < 1.29 is 4.92 Å². The fourth-order valence-electron chi connectivity index (χ4n) is 3.69. The third kappa shape index (κ3) is 1.99. The third-order valence-corrected chi connectivity index (χ3v) is 4.72. The largest absolute Gasteiger partial charge is 0.378 e. The van der Waals surface area contributed by atoms with E-state index in [4.69, 9.17) is 0 Å². The summed E-state index contributed by atoms with van der Waals surface area (Å²) in [6.45, 7) is 0. The van der Waals surface area contributed by atoms with E-state index >= 15 is 0 Å². The van der Waals surface area contributed by atoms with Gasteiger partial charge in [-0.15, -0.1) is 0 Å². The summed E-state index contributed by atoms with van der Waals surface area (Å²) in [4.78, 5) is 10.7. The van der Waals surface area contributed by atoms with Crippen LogP contribution >= 0.6 is 0 Å². The number of anilines is 1. The topological polar surface area (TPSA) is 55.2 Å². The fraction of sp³-hybridized carbons (Fsp3) is 0.222. The minimum Gasteiger partial charge on any atom is -0.378 e. The molecule has 1 aliphatic heterocycles. The molecule has 110 valence electrons. The van der Waals surface area contributed by atoms with Crippen LogP contribution in [0.1, 0.15) is 29.5 Å². The van der Waals surface area contributed by atoms with Crippen molar-refractivity contribution in [2.24, 2.45) is 5.92 Å². The molecule has 1 heterocycles. The second-order valence-electron chi connectivity index (χ2n) is 5.91. The number of nitrogens with one attached hydrogen (secondary N) is 1. The van der Waals surface area contributed by atoms with Gasteiger partial charge < -0.3 is 5.32 Å². The molecule has 2 aromatic rings. The van der Waals surface area contributed by atoms with Crippen LogP contribution in [-0.4, -0.2) is 4.92 Å². The highest BCUT2D eigenvalue weighted by atomic mass is 16.6. The van der Waals surface area contributed by atoms with Crippen LogP contribution in [0.3, 0.4) is 0 Å². The summed E-state index contributed by atoms with van der Waals surface area (Å²) in [6, 6.07) is 15.8. The van der Waals surface area contributed by atoms with Gasteiger partial charge in [0.2, 0.25) is 0 Å². The minimum atomic E-state index is -0.322. The highest BCUT2D eigenvalue weighted by molar-refractivity contribution is 5.62. The molecule has 0 spiro atoms. The van der Waals surface area contributed by atoms with Gasteiger partial charge in [0, 0.05) is 23.7 Å². The van der Waals surface area contributed by atoms with Gasteiger partial charge in [-0.3, -0.25) is 10.1 Å². The average Bonchev–Trinajstić information content (AvgIpc) is 3.04. The van der Waals surface area contributed by atoms with Crippen LogP contribution < -0.4 is 5.32 Å². The number of allylic oxidation sites excluding steroid dienone is 2. The molecule has 3 atom stereocenters. The Morgan fingerprint density at radius 2 is 1.95 bits per heavy atom. The Labute approximate surface area is 128 Å². The van der Waals surface area contributed by atoms with Crippen molar-refractivity contribution >= 4 is 11.4 Å². The summed E-state index contributed by atoms with van der Waals surface area (Å²) >= 11 is 0. The molecule has 2 aromatic carbocycles. The summed E-state index contributed by atoms with van der Waals surface area (Å²) in [5, 5.41) is 14.6. The van der Waals surface area contributed by atoms with Crippen molar-refractivity contribution in [1.29, 1.82) is 0 Å². The van der Waals surface area contributed by atoms with E-state index in [1.807, 2.05) is 12.1 Å². The van der Waals surface area contributed by atoms with Gasteiger partial charge in [-0.25, -0.2) is 0 Å². The van der Waals surface area contributed by atoms with Gasteiger partial charge in [-0.1, -0.05) is 42.5 Å². The van der Waals surface area contributed by atoms with Crippen molar-refractivity contribution in [3.05, 3.63) is 81.9 Å². The SMILES string of the molecule is O=[N+]([O-])c1ccc2c(c1)[C@H]1C=CC[C@@H]1[C@@H](c1ccccc1)N2. The molecule has 0 saturated heterocycles. The first-order chi connectivity index (χ1) is 10.7. The van der Waals surface area contributed by atoms with E-state index in [0.29, 0.717) is 5.92 Å². The molecule has 4 nitrogen and oxygen atoms in total. The maximum atomic E-state index is 11.0. The number of non-ortho nitro benzene ring substituents is 1. The lowest BCUT2D eigenvalue weighted by Gasteiger charge is -2.37. The van der Waals surface area contributed by atoms with Crippen LogP contribution in [-0.2, 0) is 0 Å². The molecule has 0 bridgehead atoms. The molecule has 0 radical (unpaired) electrons. The van der Waals surface area contributed by atoms with Gasteiger partial charge in [0.05, 0.1) is 11.0 Å². The molecule has 0 unspecified atom stereocenters. The summed E-state index contributed by atoms with van der Waals surface area (Å²) in [5.74, 6) is 0.665. The molecule has 0 aromatic heterocycles. The predicted octanol–water partition coefficient (Wildman–Crippen LogP) is 4.42. The van der Waals surface area contributed by atoms with Gasteiger partial charge in [0.15, 0.2) is 0 Å². The number of nitro benzene ring substituents is 1. The Balaban J connectivity index is 1.79. The lowest BCUT2D eigenvalue weighted by molar-refractivity contribution is -0.384. The molecule has 0 saturated carbocycles. The number of hydrogen-bond acceptors (Lipinski definition) is 3. The molecular weight excluding hydrogens is 276 g/mol. The molecule has 1 aliphatic carbocycles. The molecule has 0 fully saturated rings. The summed E-state index contributed by atoms with van der Waals surface area (Å²) < 4.78 is 0. The Bertz CT molecular complexity index is 755. The van der Waals surface area contributed by atoms with E-state index in [1.165, 1.54) is 5.56 Å². The Hall–Kier alpha value is -2.62.